The number of hydrogen-bond acceptors (Lipinski definition) is 0. The van der Waals surface area contributed by atoms with E-state index in [2.05, 4.69) is 25.2 Å². The van der Waals surface area contributed by atoms with Crippen LogP contribution in [0.15, 0.2) is 11.6 Å². The molecule has 0 aromatic carbocycles. The summed E-state index contributed by atoms with van der Waals surface area (Å²) >= 11 is 0. The molecule has 0 aromatic rings. The summed E-state index contributed by atoms with van der Waals surface area (Å²) < 4.78 is 0. The maximum absolute atomic E-state index is 2.75. The Morgan fingerprint density at radius 1 is 0.882 bits per heavy atom. The highest BCUT2D eigenvalue weighted by atomic mass is 15.0. The van der Waals surface area contributed by atoms with Crippen LogP contribution < -0.4 is 5.32 Å². The first-order chi connectivity index (χ1) is 8.25. The van der Waals surface area contributed by atoms with E-state index >= 15 is 0 Å². The molecule has 2 atom stereocenters. The van der Waals surface area contributed by atoms with Crippen molar-refractivity contribution in [3.05, 3.63) is 11.6 Å². The van der Waals surface area contributed by atoms with Crippen molar-refractivity contribution in [3.8, 4) is 0 Å². The number of quaternary nitrogens is 1. The smallest absolute Gasteiger partial charge is 0.0924 e. The quantitative estimate of drug-likeness (QED) is 0.723. The highest BCUT2D eigenvalue weighted by Crippen LogP contribution is 2.25. The summed E-state index contributed by atoms with van der Waals surface area (Å²) in [5, 5.41) is 2.75. The zero-order chi connectivity index (χ0) is 12.1. The normalized spacial score (nSPS) is 31.2. The molecular weight excluding hydrogens is 206 g/mol. The minimum atomic E-state index is 0.857. The standard InChI is InChI=1S/C16H29N/c1-13(2)12-14-8-6-7-11-16(14)17-15-9-4-3-5-10-15/h12,14-17H,3-11H2,1-2H3/p+1/t14-,16+/m0/s1. The van der Waals surface area contributed by atoms with Gasteiger partial charge in [-0.3, -0.25) is 0 Å². The maximum atomic E-state index is 2.75. The molecule has 2 rings (SSSR count). The van der Waals surface area contributed by atoms with Gasteiger partial charge in [0.25, 0.3) is 0 Å². The molecule has 0 bridgehead atoms. The Morgan fingerprint density at radius 2 is 1.53 bits per heavy atom. The van der Waals surface area contributed by atoms with Gasteiger partial charge >= 0.3 is 0 Å². The maximum Gasteiger partial charge on any atom is 0.0924 e. The molecule has 2 aliphatic rings. The van der Waals surface area contributed by atoms with Gasteiger partial charge in [0.15, 0.2) is 0 Å². The molecule has 0 heterocycles. The molecule has 0 spiro atoms. The average molecular weight is 236 g/mol. The predicted octanol–water partition coefficient (Wildman–Crippen LogP) is 3.41. The molecule has 0 saturated heterocycles. The van der Waals surface area contributed by atoms with Gasteiger partial charge in [-0.05, 0) is 58.8 Å². The van der Waals surface area contributed by atoms with Crippen molar-refractivity contribution in [1.82, 2.24) is 0 Å². The summed E-state index contributed by atoms with van der Waals surface area (Å²) in [6.07, 6.45) is 15.7. The fourth-order valence-electron chi connectivity index (χ4n) is 3.74. The first kappa shape index (κ1) is 13.1. The van der Waals surface area contributed by atoms with Crippen molar-refractivity contribution < 1.29 is 5.32 Å². The molecule has 2 aliphatic carbocycles. The van der Waals surface area contributed by atoms with Crippen LogP contribution in [0.4, 0.5) is 0 Å². The first-order valence-electron chi connectivity index (χ1n) is 7.76. The molecule has 0 radical (unpaired) electrons. The Kier molecular flexibility index (Phi) is 5.09. The second-order valence-electron chi connectivity index (χ2n) is 6.45. The number of nitrogens with two attached hydrogens (primary N) is 1. The van der Waals surface area contributed by atoms with E-state index in [1.807, 2.05) is 0 Å². The van der Waals surface area contributed by atoms with Crippen LogP contribution in [0, 0.1) is 5.92 Å². The van der Waals surface area contributed by atoms with Gasteiger partial charge in [-0.15, -0.1) is 0 Å². The molecule has 2 N–H and O–H groups in total. The fourth-order valence-corrected chi connectivity index (χ4v) is 3.74. The van der Waals surface area contributed by atoms with Crippen LogP contribution in [0.2, 0.25) is 0 Å². The highest BCUT2D eigenvalue weighted by molar-refractivity contribution is 5.00. The fraction of sp³-hybridized carbons (Fsp3) is 0.875. The molecular formula is C16H30N+. The lowest BCUT2D eigenvalue weighted by Gasteiger charge is -2.32. The van der Waals surface area contributed by atoms with Gasteiger partial charge < -0.3 is 5.32 Å². The topological polar surface area (TPSA) is 16.6 Å². The van der Waals surface area contributed by atoms with Crippen molar-refractivity contribution in [2.45, 2.75) is 83.7 Å². The highest BCUT2D eigenvalue weighted by Gasteiger charge is 2.29. The zero-order valence-corrected chi connectivity index (χ0v) is 11.8. The molecule has 2 saturated carbocycles. The lowest BCUT2D eigenvalue weighted by molar-refractivity contribution is -0.730. The lowest BCUT2D eigenvalue weighted by Crippen LogP contribution is -2.96. The molecule has 98 valence electrons. The second-order valence-corrected chi connectivity index (χ2v) is 6.45. The summed E-state index contributed by atoms with van der Waals surface area (Å²) in [5.41, 5.74) is 1.51. The molecule has 2 fully saturated rings. The van der Waals surface area contributed by atoms with Crippen LogP contribution >= 0.6 is 0 Å². The monoisotopic (exact) mass is 236 g/mol. The van der Waals surface area contributed by atoms with Crippen LogP contribution in [0.25, 0.3) is 0 Å². The molecule has 1 nitrogen and oxygen atoms in total. The molecule has 0 aliphatic heterocycles. The van der Waals surface area contributed by atoms with Gasteiger partial charge in [-0.2, -0.15) is 0 Å². The summed E-state index contributed by atoms with van der Waals surface area (Å²) in [7, 11) is 0. The molecule has 1 heteroatoms. The van der Waals surface area contributed by atoms with Crippen LogP contribution in [0.1, 0.15) is 71.6 Å². The summed E-state index contributed by atoms with van der Waals surface area (Å²) in [4.78, 5) is 0. The van der Waals surface area contributed by atoms with E-state index < -0.39 is 0 Å². The van der Waals surface area contributed by atoms with Crippen molar-refractivity contribution >= 4 is 0 Å². The van der Waals surface area contributed by atoms with Gasteiger partial charge in [0.2, 0.25) is 0 Å². The number of rotatable bonds is 3. The van der Waals surface area contributed by atoms with Gasteiger partial charge in [0, 0.05) is 5.92 Å². The van der Waals surface area contributed by atoms with Crippen molar-refractivity contribution in [2.24, 2.45) is 5.92 Å². The predicted molar refractivity (Wildman–Crippen MR) is 74.0 cm³/mol. The van der Waals surface area contributed by atoms with E-state index in [1.165, 1.54) is 63.4 Å². The summed E-state index contributed by atoms with van der Waals surface area (Å²) in [6.45, 7) is 4.51. The Hall–Kier alpha value is -0.300. The van der Waals surface area contributed by atoms with E-state index in [0.717, 1.165) is 18.0 Å². The van der Waals surface area contributed by atoms with E-state index in [1.54, 1.807) is 0 Å². The zero-order valence-electron chi connectivity index (χ0n) is 11.8. The summed E-state index contributed by atoms with van der Waals surface area (Å²) in [6, 6.07) is 1.83. The van der Waals surface area contributed by atoms with E-state index in [-0.39, 0.29) is 0 Å². The van der Waals surface area contributed by atoms with Crippen LogP contribution in [0.5, 0.6) is 0 Å². The Bertz CT molecular complexity index is 246. The van der Waals surface area contributed by atoms with Crippen molar-refractivity contribution in [1.29, 1.82) is 0 Å². The molecule has 17 heavy (non-hydrogen) atoms. The molecule has 0 amide bonds. The third-order valence-electron chi connectivity index (χ3n) is 4.59. The van der Waals surface area contributed by atoms with Gasteiger partial charge in [-0.1, -0.05) is 24.5 Å². The SMILES string of the molecule is CC(C)=C[C@@H]1CCCC[C@H]1[NH2+]C1CCCCC1. The number of allylic oxidation sites excluding steroid dienone is 1. The Labute approximate surface area is 107 Å². The van der Waals surface area contributed by atoms with Crippen LogP contribution in [-0.2, 0) is 0 Å². The van der Waals surface area contributed by atoms with Crippen LogP contribution in [0.3, 0.4) is 0 Å². The molecule has 0 aromatic heterocycles. The van der Waals surface area contributed by atoms with E-state index in [9.17, 15) is 0 Å². The minimum Gasteiger partial charge on any atom is -0.341 e. The molecule has 0 unspecified atom stereocenters. The van der Waals surface area contributed by atoms with Crippen molar-refractivity contribution in [3.63, 3.8) is 0 Å². The third kappa shape index (κ3) is 4.13. The van der Waals surface area contributed by atoms with Crippen molar-refractivity contribution in [2.75, 3.05) is 0 Å². The van der Waals surface area contributed by atoms with E-state index in [4.69, 9.17) is 0 Å². The minimum absolute atomic E-state index is 0.857. The van der Waals surface area contributed by atoms with E-state index in [0.29, 0.717) is 0 Å². The lowest BCUT2D eigenvalue weighted by atomic mass is 9.82. The van der Waals surface area contributed by atoms with Gasteiger partial charge in [-0.25, -0.2) is 0 Å². The van der Waals surface area contributed by atoms with Gasteiger partial charge in [0.1, 0.15) is 0 Å². The summed E-state index contributed by atoms with van der Waals surface area (Å²) in [5.74, 6) is 0.857. The first-order valence-corrected chi connectivity index (χ1v) is 7.76. The second kappa shape index (κ2) is 6.58. The van der Waals surface area contributed by atoms with Crippen LogP contribution in [-0.4, -0.2) is 12.1 Å². The number of hydrogen-bond donors (Lipinski definition) is 1. The average Bonchev–Trinajstić information content (AvgIpc) is 2.32. The largest absolute Gasteiger partial charge is 0.341 e. The third-order valence-corrected chi connectivity index (χ3v) is 4.59. The Morgan fingerprint density at radius 3 is 2.24 bits per heavy atom. The van der Waals surface area contributed by atoms with Gasteiger partial charge in [0.05, 0.1) is 12.1 Å². The Balaban J connectivity index is 1.89.